The molecule has 0 fully saturated rings. The standard InChI is InChI=1S/C45H87N2O6P/c1-6-8-10-12-14-16-17-18-19-20-21-22-23-24-25-26-27-28-29-31-33-35-37-39-45(49)46-43(42-53-54(50,51)52-41-40-47(3,4)5)44(48)38-36-34-32-30-15-13-11-9-7-2/h21-22,24-25,36,38,43-44,48H,6-20,23,26-35,37,39-42H2,1-5H3,(H-,46,49,50,51)/p+1/b22-21-,25-24-,38-36+. The van der Waals surface area contributed by atoms with Gasteiger partial charge < -0.3 is 19.8 Å². The summed E-state index contributed by atoms with van der Waals surface area (Å²) >= 11 is 0. The molecule has 1 amide bonds. The first-order valence-corrected chi connectivity index (χ1v) is 23.9. The predicted octanol–water partition coefficient (Wildman–Crippen LogP) is 12.3. The Morgan fingerprint density at radius 2 is 1.06 bits per heavy atom. The number of hydrogen-bond donors (Lipinski definition) is 3. The topological polar surface area (TPSA) is 105 Å². The molecule has 0 aromatic rings. The van der Waals surface area contributed by atoms with Gasteiger partial charge in [0.1, 0.15) is 13.2 Å². The zero-order chi connectivity index (χ0) is 40.0. The summed E-state index contributed by atoms with van der Waals surface area (Å²) in [5, 5.41) is 13.7. The number of rotatable bonds is 40. The highest BCUT2D eigenvalue weighted by Gasteiger charge is 2.27. The first-order valence-electron chi connectivity index (χ1n) is 22.4. The van der Waals surface area contributed by atoms with Gasteiger partial charge in [0, 0.05) is 6.42 Å². The number of carbonyl (C=O) groups excluding carboxylic acids is 1. The van der Waals surface area contributed by atoms with E-state index >= 15 is 0 Å². The number of hydrogen-bond acceptors (Lipinski definition) is 5. The number of nitrogens with one attached hydrogen (secondary N) is 1. The summed E-state index contributed by atoms with van der Waals surface area (Å²) in [6.07, 6.45) is 45.1. The van der Waals surface area contributed by atoms with Crippen molar-refractivity contribution in [2.45, 2.75) is 206 Å². The smallest absolute Gasteiger partial charge is 0.387 e. The van der Waals surface area contributed by atoms with E-state index in [9.17, 15) is 19.4 Å². The Kier molecular flexibility index (Phi) is 36.4. The van der Waals surface area contributed by atoms with Crippen LogP contribution in [0.5, 0.6) is 0 Å². The number of aliphatic hydroxyl groups excluding tert-OH is 1. The lowest BCUT2D eigenvalue weighted by Crippen LogP contribution is -2.45. The molecule has 0 aromatic heterocycles. The average molecular weight is 784 g/mol. The molecular weight excluding hydrogens is 695 g/mol. The van der Waals surface area contributed by atoms with Gasteiger partial charge in [0.15, 0.2) is 0 Å². The van der Waals surface area contributed by atoms with Crippen molar-refractivity contribution in [1.82, 2.24) is 5.32 Å². The van der Waals surface area contributed by atoms with Crippen molar-refractivity contribution in [3.05, 3.63) is 36.5 Å². The van der Waals surface area contributed by atoms with Crippen LogP contribution in [0, 0.1) is 0 Å². The fourth-order valence-electron chi connectivity index (χ4n) is 6.25. The van der Waals surface area contributed by atoms with E-state index in [1.807, 2.05) is 27.2 Å². The molecule has 8 nitrogen and oxygen atoms in total. The minimum atomic E-state index is -4.33. The van der Waals surface area contributed by atoms with Gasteiger partial charge in [-0.1, -0.05) is 172 Å². The Hall–Kier alpha value is -1.28. The van der Waals surface area contributed by atoms with Gasteiger partial charge in [-0.25, -0.2) is 4.57 Å². The Labute approximate surface area is 334 Å². The van der Waals surface area contributed by atoms with Gasteiger partial charge in [0.25, 0.3) is 0 Å². The van der Waals surface area contributed by atoms with Crippen LogP contribution >= 0.6 is 7.82 Å². The lowest BCUT2D eigenvalue weighted by Gasteiger charge is -2.25. The Morgan fingerprint density at radius 1 is 0.630 bits per heavy atom. The second-order valence-electron chi connectivity index (χ2n) is 16.4. The number of phosphoric acid groups is 1. The molecule has 0 bridgehead atoms. The third-order valence-corrected chi connectivity index (χ3v) is 10.8. The van der Waals surface area contributed by atoms with Crippen LogP contribution in [0.4, 0.5) is 0 Å². The summed E-state index contributed by atoms with van der Waals surface area (Å²) in [5.74, 6) is -0.188. The minimum absolute atomic E-state index is 0.0591. The Balaban J connectivity index is 4.25. The first-order chi connectivity index (χ1) is 26.0. The van der Waals surface area contributed by atoms with Crippen molar-refractivity contribution < 1.29 is 32.9 Å². The minimum Gasteiger partial charge on any atom is -0.387 e. The van der Waals surface area contributed by atoms with Crippen LogP contribution in [0.1, 0.15) is 194 Å². The number of quaternary nitrogens is 1. The number of phosphoric ester groups is 1. The van der Waals surface area contributed by atoms with Crippen LogP contribution in [0.25, 0.3) is 0 Å². The van der Waals surface area contributed by atoms with Gasteiger partial charge in [0.05, 0.1) is 39.9 Å². The van der Waals surface area contributed by atoms with E-state index in [1.54, 1.807) is 6.08 Å². The third kappa shape index (κ3) is 39.0. The number of carbonyl (C=O) groups is 1. The molecule has 0 saturated carbocycles. The number of nitrogens with zero attached hydrogens (tertiary/aromatic N) is 1. The van der Waals surface area contributed by atoms with E-state index in [-0.39, 0.29) is 19.1 Å². The van der Waals surface area contributed by atoms with Crippen LogP contribution in [0.15, 0.2) is 36.5 Å². The summed E-state index contributed by atoms with van der Waals surface area (Å²) in [4.78, 5) is 23.0. The maximum absolute atomic E-state index is 12.8. The van der Waals surface area contributed by atoms with Gasteiger partial charge in [-0.15, -0.1) is 0 Å². The van der Waals surface area contributed by atoms with Crippen molar-refractivity contribution in [3.8, 4) is 0 Å². The molecule has 3 N–H and O–H groups in total. The van der Waals surface area contributed by atoms with Crippen LogP contribution in [0.3, 0.4) is 0 Å². The van der Waals surface area contributed by atoms with E-state index in [0.717, 1.165) is 51.4 Å². The summed E-state index contributed by atoms with van der Waals surface area (Å²) < 4.78 is 23.5. The van der Waals surface area contributed by atoms with Gasteiger partial charge >= 0.3 is 7.82 Å². The lowest BCUT2D eigenvalue weighted by molar-refractivity contribution is -0.870. The van der Waals surface area contributed by atoms with Crippen LogP contribution in [0.2, 0.25) is 0 Å². The normalized spacial score (nSPS) is 14.7. The molecule has 0 spiro atoms. The molecule has 318 valence electrons. The molecule has 0 aliphatic carbocycles. The molecule has 0 radical (unpaired) electrons. The molecular formula is C45H88N2O6P+. The SMILES string of the molecule is CCCCCCCCC/C=C/C(O)C(COP(=O)(O)OCC[N+](C)(C)C)NC(=O)CCCCCCCCC/C=C\C/C=C\CCCCCCCCCCC. The largest absolute Gasteiger partial charge is 0.472 e. The van der Waals surface area contributed by atoms with E-state index in [2.05, 4.69) is 43.5 Å². The van der Waals surface area contributed by atoms with Crippen molar-refractivity contribution in [2.75, 3.05) is 40.9 Å². The molecule has 0 aromatic carbocycles. The van der Waals surface area contributed by atoms with Crippen LogP contribution < -0.4 is 5.32 Å². The third-order valence-electron chi connectivity index (χ3n) is 9.85. The van der Waals surface area contributed by atoms with Gasteiger partial charge in [-0.3, -0.25) is 13.8 Å². The fourth-order valence-corrected chi connectivity index (χ4v) is 6.98. The van der Waals surface area contributed by atoms with E-state index in [4.69, 9.17) is 9.05 Å². The predicted molar refractivity (Wildman–Crippen MR) is 231 cm³/mol. The van der Waals surface area contributed by atoms with Crippen molar-refractivity contribution in [1.29, 1.82) is 0 Å². The van der Waals surface area contributed by atoms with Crippen molar-refractivity contribution >= 4 is 13.7 Å². The Morgan fingerprint density at radius 3 is 1.52 bits per heavy atom. The van der Waals surface area contributed by atoms with E-state index in [1.165, 1.54) is 122 Å². The monoisotopic (exact) mass is 784 g/mol. The summed E-state index contributed by atoms with van der Waals surface area (Å²) in [5.41, 5.74) is 0. The average Bonchev–Trinajstić information content (AvgIpc) is 3.12. The van der Waals surface area contributed by atoms with Crippen molar-refractivity contribution in [2.24, 2.45) is 0 Å². The zero-order valence-electron chi connectivity index (χ0n) is 36.0. The molecule has 9 heteroatoms. The van der Waals surface area contributed by atoms with Gasteiger partial charge in [0.2, 0.25) is 5.91 Å². The fraction of sp³-hybridized carbons (Fsp3) is 0.844. The summed E-state index contributed by atoms with van der Waals surface area (Å²) in [6.45, 7) is 4.77. The molecule has 54 heavy (non-hydrogen) atoms. The number of allylic oxidation sites excluding steroid dienone is 5. The van der Waals surface area contributed by atoms with Crippen molar-refractivity contribution in [3.63, 3.8) is 0 Å². The number of unbranched alkanes of at least 4 members (excludes halogenated alkanes) is 23. The number of likely N-dealkylation sites (N-methyl/N-ethyl adjacent to an activating group) is 1. The number of amides is 1. The molecule has 3 unspecified atom stereocenters. The highest BCUT2D eigenvalue weighted by atomic mass is 31.2. The molecule has 0 aliphatic heterocycles. The van der Waals surface area contributed by atoms with E-state index < -0.39 is 20.0 Å². The summed E-state index contributed by atoms with van der Waals surface area (Å²) in [6, 6.07) is -0.847. The quantitative estimate of drug-likeness (QED) is 0.0247. The molecule has 0 rings (SSSR count). The molecule has 0 saturated heterocycles. The molecule has 3 atom stereocenters. The highest BCUT2D eigenvalue weighted by molar-refractivity contribution is 7.47. The second-order valence-corrected chi connectivity index (χ2v) is 17.9. The maximum atomic E-state index is 12.8. The molecule has 0 aliphatic rings. The zero-order valence-corrected chi connectivity index (χ0v) is 36.9. The lowest BCUT2D eigenvalue weighted by atomic mass is 10.1. The Bertz CT molecular complexity index is 980. The summed E-state index contributed by atoms with van der Waals surface area (Å²) in [7, 11) is 1.56. The second kappa shape index (κ2) is 37.3. The van der Waals surface area contributed by atoms with Gasteiger partial charge in [-0.05, 0) is 51.4 Å². The molecule has 0 heterocycles. The van der Waals surface area contributed by atoms with E-state index in [0.29, 0.717) is 17.4 Å². The van der Waals surface area contributed by atoms with Gasteiger partial charge in [-0.2, -0.15) is 0 Å². The maximum Gasteiger partial charge on any atom is 0.472 e. The first kappa shape index (κ1) is 52.7. The number of aliphatic hydroxyl groups is 1. The van der Waals surface area contributed by atoms with Crippen LogP contribution in [-0.2, 0) is 18.4 Å². The highest BCUT2D eigenvalue weighted by Crippen LogP contribution is 2.43. The van der Waals surface area contributed by atoms with Crippen LogP contribution in [-0.4, -0.2) is 73.4 Å².